The normalized spacial score (nSPS) is 12.9. The molecule has 0 bridgehead atoms. The number of fused-ring (bicyclic) bond motifs is 1. The number of alkyl halides is 2. The Labute approximate surface area is 182 Å². The second-order valence-electron chi connectivity index (χ2n) is 6.88. The third-order valence-electron chi connectivity index (χ3n) is 4.58. The molecule has 0 fully saturated rings. The van der Waals surface area contributed by atoms with Gasteiger partial charge in [-0.15, -0.1) is 0 Å². The summed E-state index contributed by atoms with van der Waals surface area (Å²) in [5.74, 6) is -0.551. The van der Waals surface area contributed by atoms with Crippen LogP contribution in [-0.4, -0.2) is 58.0 Å². The third-order valence-corrected chi connectivity index (χ3v) is 4.85. The van der Waals surface area contributed by atoms with Gasteiger partial charge in [0.2, 0.25) is 11.8 Å². The smallest absolute Gasteiger partial charge is 0.272 e. The Morgan fingerprint density at radius 2 is 2.19 bits per heavy atom. The number of nitrogens with one attached hydrogen (secondary N) is 1. The number of nitrogens with zero attached hydrogens (tertiary/aromatic N) is 3. The van der Waals surface area contributed by atoms with Crippen molar-refractivity contribution in [3.63, 3.8) is 0 Å². The minimum atomic E-state index is -2.64. The lowest BCUT2D eigenvalue weighted by Crippen LogP contribution is -2.27. The second-order valence-corrected chi connectivity index (χ2v) is 7.29. The van der Waals surface area contributed by atoms with Crippen molar-refractivity contribution in [2.45, 2.75) is 32.4 Å². The summed E-state index contributed by atoms with van der Waals surface area (Å²) < 4.78 is 29.4. The minimum absolute atomic E-state index is 0.0130. The predicted molar refractivity (Wildman–Crippen MR) is 107 cm³/mol. The van der Waals surface area contributed by atoms with Gasteiger partial charge in [-0.2, -0.15) is 0 Å². The SMILES string of the molecule is O=C(Cc1nccc2c1CN(Cc1cnc(OCC(F)F)c(Cl)c1)C2=O)NCCCO. The molecule has 1 aliphatic rings. The van der Waals surface area contributed by atoms with E-state index in [1.54, 1.807) is 11.0 Å². The van der Waals surface area contributed by atoms with Gasteiger partial charge in [-0.05, 0) is 24.1 Å². The highest BCUT2D eigenvalue weighted by molar-refractivity contribution is 6.31. The number of hydrogen-bond acceptors (Lipinski definition) is 6. The zero-order valence-electron chi connectivity index (χ0n) is 16.5. The van der Waals surface area contributed by atoms with Crippen LogP contribution in [0.1, 0.15) is 33.6 Å². The van der Waals surface area contributed by atoms with E-state index < -0.39 is 13.0 Å². The Hall–Kier alpha value is -2.85. The van der Waals surface area contributed by atoms with Crippen molar-refractivity contribution in [2.24, 2.45) is 0 Å². The fraction of sp³-hybridized carbons (Fsp3) is 0.400. The molecular formula is C20H21ClF2N4O4. The summed E-state index contributed by atoms with van der Waals surface area (Å²) in [5.41, 5.74) is 2.28. The maximum absolute atomic E-state index is 12.8. The van der Waals surface area contributed by atoms with Gasteiger partial charge in [-0.1, -0.05) is 11.6 Å². The molecule has 166 valence electrons. The number of aliphatic hydroxyl groups excluding tert-OH is 1. The van der Waals surface area contributed by atoms with Crippen LogP contribution in [0, 0.1) is 0 Å². The predicted octanol–water partition coefficient (Wildman–Crippen LogP) is 1.97. The summed E-state index contributed by atoms with van der Waals surface area (Å²) in [7, 11) is 0. The summed E-state index contributed by atoms with van der Waals surface area (Å²) in [6.07, 6.45) is 0.749. The summed E-state index contributed by atoms with van der Waals surface area (Å²) in [6, 6.07) is 3.12. The highest BCUT2D eigenvalue weighted by atomic mass is 35.5. The van der Waals surface area contributed by atoms with Gasteiger partial charge in [0.25, 0.3) is 12.3 Å². The van der Waals surface area contributed by atoms with Gasteiger partial charge in [0.05, 0.1) is 12.1 Å². The molecule has 31 heavy (non-hydrogen) atoms. The maximum atomic E-state index is 12.8. The van der Waals surface area contributed by atoms with E-state index in [4.69, 9.17) is 21.4 Å². The van der Waals surface area contributed by atoms with Crippen LogP contribution in [0.3, 0.4) is 0 Å². The average Bonchev–Trinajstić information content (AvgIpc) is 3.04. The Morgan fingerprint density at radius 1 is 1.39 bits per heavy atom. The molecule has 0 saturated carbocycles. The fourth-order valence-electron chi connectivity index (χ4n) is 3.17. The van der Waals surface area contributed by atoms with Crippen LogP contribution in [0.25, 0.3) is 0 Å². The van der Waals surface area contributed by atoms with Crippen molar-refractivity contribution in [1.82, 2.24) is 20.2 Å². The monoisotopic (exact) mass is 454 g/mol. The largest absolute Gasteiger partial charge is 0.471 e. The molecule has 8 nitrogen and oxygen atoms in total. The first-order chi connectivity index (χ1) is 14.9. The van der Waals surface area contributed by atoms with Crippen LogP contribution in [0.2, 0.25) is 5.02 Å². The van der Waals surface area contributed by atoms with Gasteiger partial charge in [-0.3, -0.25) is 14.6 Å². The minimum Gasteiger partial charge on any atom is -0.471 e. The van der Waals surface area contributed by atoms with E-state index in [2.05, 4.69) is 15.3 Å². The van der Waals surface area contributed by atoms with E-state index >= 15 is 0 Å². The van der Waals surface area contributed by atoms with Gasteiger partial charge in [0.1, 0.15) is 5.02 Å². The van der Waals surface area contributed by atoms with Crippen molar-refractivity contribution >= 4 is 23.4 Å². The van der Waals surface area contributed by atoms with Crippen molar-refractivity contribution < 1.29 is 28.2 Å². The van der Waals surface area contributed by atoms with Crippen LogP contribution >= 0.6 is 11.6 Å². The molecule has 0 aliphatic carbocycles. The quantitative estimate of drug-likeness (QED) is 0.532. The third kappa shape index (κ3) is 5.86. The van der Waals surface area contributed by atoms with Gasteiger partial charge in [0.15, 0.2) is 6.61 Å². The molecule has 2 amide bonds. The lowest BCUT2D eigenvalue weighted by atomic mass is 10.1. The van der Waals surface area contributed by atoms with E-state index in [1.807, 2.05) is 0 Å². The van der Waals surface area contributed by atoms with E-state index in [-0.39, 0.29) is 48.8 Å². The van der Waals surface area contributed by atoms with E-state index in [9.17, 15) is 18.4 Å². The highest BCUT2D eigenvalue weighted by Gasteiger charge is 2.30. The van der Waals surface area contributed by atoms with E-state index in [1.165, 1.54) is 18.5 Å². The van der Waals surface area contributed by atoms with Gasteiger partial charge in [-0.25, -0.2) is 13.8 Å². The number of carbonyl (C=O) groups is 2. The zero-order valence-corrected chi connectivity index (χ0v) is 17.2. The number of amides is 2. The van der Waals surface area contributed by atoms with E-state index in [0.717, 1.165) is 0 Å². The lowest BCUT2D eigenvalue weighted by Gasteiger charge is -2.16. The lowest BCUT2D eigenvalue weighted by molar-refractivity contribution is -0.120. The topological polar surface area (TPSA) is 105 Å². The second kappa shape index (κ2) is 10.5. The van der Waals surface area contributed by atoms with Crippen LogP contribution in [-0.2, 0) is 24.3 Å². The summed E-state index contributed by atoms with van der Waals surface area (Å²) in [6.45, 7) is -0.00350. The summed E-state index contributed by atoms with van der Waals surface area (Å²) in [4.78, 5) is 34.6. The molecule has 0 unspecified atom stereocenters. The first kappa shape index (κ1) is 22.8. The maximum Gasteiger partial charge on any atom is 0.272 e. The first-order valence-electron chi connectivity index (χ1n) is 9.58. The van der Waals surface area contributed by atoms with Gasteiger partial charge in [0, 0.05) is 49.8 Å². The molecule has 0 saturated heterocycles. The molecule has 0 aromatic carbocycles. The van der Waals surface area contributed by atoms with Crippen LogP contribution < -0.4 is 10.1 Å². The van der Waals surface area contributed by atoms with Crippen LogP contribution in [0.5, 0.6) is 5.88 Å². The standard InChI is InChI=1S/C20H21ClF2N4O4/c21-15-6-12(8-26-19(15)31-11-17(22)23)9-27-10-14-13(20(27)30)2-4-24-16(14)7-18(29)25-3-1-5-28/h2,4,6,8,17,28H,1,3,5,7,9-11H2,(H,25,29). The van der Waals surface area contributed by atoms with E-state index in [0.29, 0.717) is 35.3 Å². The fourth-order valence-corrected chi connectivity index (χ4v) is 3.41. The summed E-state index contributed by atoms with van der Waals surface area (Å²) >= 11 is 6.05. The number of aromatic nitrogens is 2. The molecule has 2 N–H and O–H groups in total. The number of halogens is 3. The van der Waals surface area contributed by atoms with Crippen LogP contribution in [0.15, 0.2) is 24.5 Å². The first-order valence-corrected chi connectivity index (χ1v) is 9.95. The Morgan fingerprint density at radius 3 is 2.90 bits per heavy atom. The molecule has 11 heteroatoms. The Balaban J connectivity index is 1.67. The van der Waals surface area contributed by atoms with Crippen LogP contribution in [0.4, 0.5) is 8.78 Å². The number of carbonyl (C=O) groups excluding carboxylic acids is 2. The molecule has 2 aromatic heterocycles. The number of pyridine rings is 2. The molecule has 2 aromatic rings. The highest BCUT2D eigenvalue weighted by Crippen LogP contribution is 2.28. The average molecular weight is 455 g/mol. The molecule has 3 rings (SSSR count). The zero-order chi connectivity index (χ0) is 22.4. The summed E-state index contributed by atoms with van der Waals surface area (Å²) in [5, 5.41) is 11.6. The van der Waals surface area contributed by atoms with Crippen molar-refractivity contribution in [3.8, 4) is 5.88 Å². The van der Waals surface area contributed by atoms with Gasteiger partial charge < -0.3 is 20.1 Å². The number of hydrogen-bond donors (Lipinski definition) is 2. The number of aliphatic hydroxyl groups is 1. The van der Waals surface area contributed by atoms with Crippen molar-refractivity contribution in [2.75, 3.05) is 19.8 Å². The van der Waals surface area contributed by atoms with Crippen molar-refractivity contribution in [3.05, 3.63) is 51.9 Å². The molecular weight excluding hydrogens is 434 g/mol. The Bertz CT molecular complexity index is 961. The van der Waals surface area contributed by atoms with Gasteiger partial charge >= 0.3 is 0 Å². The molecule has 3 heterocycles. The van der Waals surface area contributed by atoms with Crippen molar-refractivity contribution in [1.29, 1.82) is 0 Å². The number of ether oxygens (including phenoxy) is 1. The molecule has 0 spiro atoms. The number of rotatable bonds is 10. The molecule has 0 radical (unpaired) electrons. The Kier molecular flexibility index (Phi) is 7.69. The molecule has 0 atom stereocenters. The molecule has 1 aliphatic heterocycles.